The van der Waals surface area contributed by atoms with Crippen LogP contribution in [0.4, 0.5) is 0 Å². The largest absolute Gasteiger partial charge is 0.380 e. The minimum atomic E-state index is -0.217. The minimum Gasteiger partial charge on any atom is -0.380 e. The maximum absolute atomic E-state index is 11.6. The minimum absolute atomic E-state index is 0.0556. The van der Waals surface area contributed by atoms with E-state index in [1.54, 1.807) is 13.1 Å². The number of hydrogen-bond acceptors (Lipinski definition) is 5. The molecular formula is C21H29N3O3. The van der Waals surface area contributed by atoms with Gasteiger partial charge >= 0.3 is 0 Å². The molecule has 6 heteroatoms. The predicted octanol–water partition coefficient (Wildman–Crippen LogP) is 1.34. The number of nitrogens with one attached hydrogen (secondary N) is 3. The van der Waals surface area contributed by atoms with Crippen molar-refractivity contribution < 1.29 is 14.3 Å². The molecule has 3 rings (SSSR count). The third-order valence-electron chi connectivity index (χ3n) is 4.52. The first kappa shape index (κ1) is 20.9. The first-order chi connectivity index (χ1) is 13.2. The predicted molar refractivity (Wildman–Crippen MR) is 106 cm³/mol. The first-order valence-corrected chi connectivity index (χ1v) is 9.32. The average molecular weight is 371 g/mol. The van der Waals surface area contributed by atoms with Gasteiger partial charge in [-0.2, -0.15) is 0 Å². The molecule has 2 aliphatic heterocycles. The highest BCUT2D eigenvalue weighted by molar-refractivity contribution is 5.95. The van der Waals surface area contributed by atoms with E-state index in [2.05, 4.69) is 16.0 Å². The fourth-order valence-electron chi connectivity index (χ4n) is 3.02. The van der Waals surface area contributed by atoms with Gasteiger partial charge < -0.3 is 20.7 Å². The van der Waals surface area contributed by atoms with E-state index in [1.807, 2.05) is 43.5 Å². The van der Waals surface area contributed by atoms with Gasteiger partial charge in [-0.25, -0.2) is 0 Å². The molecule has 2 atom stereocenters. The smallest absolute Gasteiger partial charge is 0.267 e. The van der Waals surface area contributed by atoms with Gasteiger partial charge in [-0.1, -0.05) is 36.4 Å². The molecule has 2 heterocycles. The summed E-state index contributed by atoms with van der Waals surface area (Å²) in [6.07, 6.45) is 7.38. The molecule has 1 aromatic rings. The summed E-state index contributed by atoms with van der Waals surface area (Å²) in [7, 11) is 3.55. The van der Waals surface area contributed by atoms with Crippen LogP contribution in [0.1, 0.15) is 18.4 Å². The van der Waals surface area contributed by atoms with E-state index in [9.17, 15) is 9.59 Å². The quantitative estimate of drug-likeness (QED) is 0.681. The zero-order chi connectivity index (χ0) is 19.5. The highest BCUT2D eigenvalue weighted by Gasteiger charge is 2.18. The highest BCUT2D eigenvalue weighted by atomic mass is 16.5. The van der Waals surface area contributed by atoms with Gasteiger partial charge in [-0.05, 0) is 37.9 Å². The van der Waals surface area contributed by atoms with Crippen LogP contribution in [-0.2, 0) is 20.7 Å². The van der Waals surface area contributed by atoms with Crippen molar-refractivity contribution in [3.63, 3.8) is 0 Å². The number of carbonyl (C=O) groups excluding carboxylic acids is 2. The monoisotopic (exact) mass is 371 g/mol. The van der Waals surface area contributed by atoms with Crippen molar-refractivity contribution in [1.82, 2.24) is 16.0 Å². The molecule has 1 aromatic carbocycles. The van der Waals surface area contributed by atoms with E-state index < -0.39 is 0 Å². The third kappa shape index (κ3) is 7.00. The summed E-state index contributed by atoms with van der Waals surface area (Å²) < 4.78 is 5.21. The van der Waals surface area contributed by atoms with Crippen LogP contribution >= 0.6 is 0 Å². The summed E-state index contributed by atoms with van der Waals surface area (Å²) in [5, 5.41) is 8.86. The summed E-state index contributed by atoms with van der Waals surface area (Å²) in [5.41, 5.74) is 2.10. The van der Waals surface area contributed by atoms with Crippen LogP contribution in [0.15, 0.2) is 53.8 Å². The molecule has 0 spiro atoms. The lowest BCUT2D eigenvalue weighted by Gasteiger charge is -2.22. The fourth-order valence-corrected chi connectivity index (χ4v) is 3.02. The summed E-state index contributed by atoms with van der Waals surface area (Å²) in [6.45, 7) is 1.86. The second-order valence-electron chi connectivity index (χ2n) is 6.56. The average Bonchev–Trinajstić information content (AvgIpc) is 2.74. The number of dihydropyridines is 1. The van der Waals surface area contributed by atoms with E-state index >= 15 is 0 Å². The molecule has 1 fully saturated rings. The highest BCUT2D eigenvalue weighted by Crippen LogP contribution is 2.13. The number of carbonyl (C=O) groups is 2. The summed E-state index contributed by atoms with van der Waals surface area (Å²) >= 11 is 0. The van der Waals surface area contributed by atoms with E-state index in [0.29, 0.717) is 17.3 Å². The molecule has 0 aromatic heterocycles. The second kappa shape index (κ2) is 11.3. The van der Waals surface area contributed by atoms with Gasteiger partial charge in [0.25, 0.3) is 5.91 Å². The normalized spacial score (nSPS) is 21.6. The standard InChI is InChI=1S/C15H16N2O2.C6H13NO/c1-16-15(19)14-9-12(10-18)8-13(17-14)7-11-5-3-2-4-6-11;1-7-6-3-2-4-8-5-6/h2-6,8-10,13,17H,7H2,1H3,(H,16,19);6-7H,2-5H2,1H3. The van der Waals surface area contributed by atoms with Crippen molar-refractivity contribution in [2.45, 2.75) is 31.3 Å². The van der Waals surface area contributed by atoms with Gasteiger partial charge in [0.15, 0.2) is 0 Å². The van der Waals surface area contributed by atoms with Gasteiger partial charge in [0, 0.05) is 31.3 Å². The number of hydrogen-bond donors (Lipinski definition) is 3. The maximum atomic E-state index is 11.6. The molecule has 0 bridgehead atoms. The zero-order valence-electron chi connectivity index (χ0n) is 16.0. The Morgan fingerprint density at radius 3 is 2.63 bits per heavy atom. The number of allylic oxidation sites excluding steroid dienone is 2. The molecule has 2 aliphatic rings. The number of benzene rings is 1. The Hall–Kier alpha value is -2.44. The van der Waals surface area contributed by atoms with Gasteiger partial charge in [0.05, 0.1) is 6.61 Å². The number of ether oxygens (including phenoxy) is 1. The lowest BCUT2D eigenvalue weighted by atomic mass is 10.00. The SMILES string of the molecule is CNC(=O)C1=CC(C=O)=CC(Cc2ccccc2)N1.CNC1CCCOC1. The Kier molecular flexibility index (Phi) is 8.74. The van der Waals surface area contributed by atoms with Crippen LogP contribution < -0.4 is 16.0 Å². The Bertz CT molecular complexity index is 665. The van der Waals surface area contributed by atoms with E-state index in [0.717, 1.165) is 31.5 Å². The van der Waals surface area contributed by atoms with E-state index in [1.165, 1.54) is 12.8 Å². The summed E-state index contributed by atoms with van der Waals surface area (Å²) in [6, 6.07) is 10.5. The van der Waals surface area contributed by atoms with Crippen molar-refractivity contribution in [3.8, 4) is 0 Å². The number of likely N-dealkylation sites (N-methyl/N-ethyl adjacent to an activating group) is 2. The van der Waals surface area contributed by atoms with E-state index in [4.69, 9.17) is 4.74 Å². The molecule has 6 nitrogen and oxygen atoms in total. The molecule has 0 saturated carbocycles. The van der Waals surface area contributed by atoms with Crippen molar-refractivity contribution >= 4 is 12.2 Å². The van der Waals surface area contributed by atoms with Crippen LogP contribution in [-0.4, -0.2) is 51.6 Å². The molecule has 0 aliphatic carbocycles. The van der Waals surface area contributed by atoms with Gasteiger partial charge in [0.2, 0.25) is 0 Å². The summed E-state index contributed by atoms with van der Waals surface area (Å²) in [5.74, 6) is -0.217. The van der Waals surface area contributed by atoms with Crippen LogP contribution in [0, 0.1) is 0 Å². The Balaban J connectivity index is 0.000000273. The third-order valence-corrected chi connectivity index (χ3v) is 4.52. The topological polar surface area (TPSA) is 79.5 Å². The van der Waals surface area contributed by atoms with Crippen molar-refractivity contribution in [2.75, 3.05) is 27.3 Å². The molecule has 27 heavy (non-hydrogen) atoms. The van der Waals surface area contributed by atoms with Crippen molar-refractivity contribution in [1.29, 1.82) is 0 Å². The molecule has 0 radical (unpaired) electrons. The maximum Gasteiger partial charge on any atom is 0.267 e. The fraction of sp³-hybridized carbons (Fsp3) is 0.429. The van der Waals surface area contributed by atoms with Crippen LogP contribution in [0.5, 0.6) is 0 Å². The van der Waals surface area contributed by atoms with E-state index in [-0.39, 0.29) is 11.9 Å². The molecule has 1 amide bonds. The zero-order valence-corrected chi connectivity index (χ0v) is 16.0. The number of amides is 1. The van der Waals surface area contributed by atoms with Crippen LogP contribution in [0.3, 0.4) is 0 Å². The Morgan fingerprint density at radius 1 is 1.30 bits per heavy atom. The van der Waals surface area contributed by atoms with Crippen LogP contribution in [0.25, 0.3) is 0 Å². The molecular weight excluding hydrogens is 342 g/mol. The van der Waals surface area contributed by atoms with Crippen molar-refractivity contribution in [2.24, 2.45) is 0 Å². The Morgan fingerprint density at radius 2 is 2.07 bits per heavy atom. The molecule has 1 saturated heterocycles. The van der Waals surface area contributed by atoms with Crippen LogP contribution in [0.2, 0.25) is 0 Å². The van der Waals surface area contributed by atoms with Gasteiger partial charge in [-0.3, -0.25) is 9.59 Å². The lowest BCUT2D eigenvalue weighted by Crippen LogP contribution is -2.38. The molecule has 3 N–H and O–H groups in total. The molecule has 146 valence electrons. The van der Waals surface area contributed by atoms with Crippen molar-refractivity contribution in [3.05, 3.63) is 59.3 Å². The Labute approximate surface area is 161 Å². The van der Waals surface area contributed by atoms with Gasteiger partial charge in [0.1, 0.15) is 12.0 Å². The number of rotatable bonds is 5. The first-order valence-electron chi connectivity index (χ1n) is 9.32. The summed E-state index contributed by atoms with van der Waals surface area (Å²) in [4.78, 5) is 22.6. The lowest BCUT2D eigenvalue weighted by molar-refractivity contribution is -0.117. The second-order valence-corrected chi connectivity index (χ2v) is 6.56. The number of aldehydes is 1. The van der Waals surface area contributed by atoms with Gasteiger partial charge in [-0.15, -0.1) is 0 Å². The molecule has 2 unspecified atom stereocenters.